The Morgan fingerprint density at radius 2 is 2.21 bits per heavy atom. The van der Waals surface area contributed by atoms with Gasteiger partial charge in [0.15, 0.2) is 0 Å². The van der Waals surface area contributed by atoms with Crippen molar-refractivity contribution in [2.24, 2.45) is 5.73 Å². The van der Waals surface area contributed by atoms with Crippen molar-refractivity contribution in [3.8, 4) is 5.75 Å². The van der Waals surface area contributed by atoms with Crippen LogP contribution in [0.4, 0.5) is 0 Å². The number of ether oxygens (including phenoxy) is 1. The van der Waals surface area contributed by atoms with Gasteiger partial charge in [-0.2, -0.15) is 0 Å². The Balaban J connectivity index is 2.50. The highest BCUT2D eigenvalue weighted by molar-refractivity contribution is 5.28. The van der Waals surface area contributed by atoms with E-state index in [1.165, 1.54) is 0 Å². The topological polar surface area (TPSA) is 75.7 Å². The summed E-state index contributed by atoms with van der Waals surface area (Å²) in [7, 11) is 0. The number of aliphatic hydroxyl groups is 2. The molecular formula is C10H15NO3. The van der Waals surface area contributed by atoms with Crippen molar-refractivity contribution in [1.82, 2.24) is 0 Å². The van der Waals surface area contributed by atoms with E-state index in [1.807, 2.05) is 18.2 Å². The average molecular weight is 197 g/mol. The lowest BCUT2D eigenvalue weighted by molar-refractivity contribution is 0.0536. The molecule has 78 valence electrons. The predicted molar refractivity (Wildman–Crippen MR) is 52.9 cm³/mol. The summed E-state index contributed by atoms with van der Waals surface area (Å²) >= 11 is 0. The van der Waals surface area contributed by atoms with Gasteiger partial charge in [-0.1, -0.05) is 12.1 Å². The molecule has 1 unspecified atom stereocenters. The zero-order valence-electron chi connectivity index (χ0n) is 7.89. The molecule has 1 rings (SSSR count). The summed E-state index contributed by atoms with van der Waals surface area (Å²) in [5.41, 5.74) is 6.43. The minimum atomic E-state index is -0.837. The van der Waals surface area contributed by atoms with Gasteiger partial charge in [0.1, 0.15) is 18.5 Å². The van der Waals surface area contributed by atoms with Crippen LogP contribution in [0.3, 0.4) is 0 Å². The van der Waals surface area contributed by atoms with Gasteiger partial charge in [0.25, 0.3) is 0 Å². The average Bonchev–Trinajstić information content (AvgIpc) is 2.26. The first-order chi connectivity index (χ1) is 6.76. The molecule has 4 nitrogen and oxygen atoms in total. The van der Waals surface area contributed by atoms with E-state index in [9.17, 15) is 0 Å². The second-order valence-corrected chi connectivity index (χ2v) is 3.00. The van der Waals surface area contributed by atoms with E-state index in [0.717, 1.165) is 5.56 Å². The highest BCUT2D eigenvalue weighted by Crippen LogP contribution is 2.12. The molecule has 0 aliphatic heterocycles. The fourth-order valence-corrected chi connectivity index (χ4v) is 1.01. The third kappa shape index (κ3) is 3.33. The maximum absolute atomic E-state index is 9.05. The van der Waals surface area contributed by atoms with Gasteiger partial charge in [0.2, 0.25) is 0 Å². The second-order valence-electron chi connectivity index (χ2n) is 3.00. The molecule has 1 atom stereocenters. The fourth-order valence-electron chi connectivity index (χ4n) is 1.01. The van der Waals surface area contributed by atoms with E-state index in [0.29, 0.717) is 12.3 Å². The SMILES string of the molecule is NCc1cccc(OCC(O)CO)c1. The summed E-state index contributed by atoms with van der Waals surface area (Å²) in [6.45, 7) is 0.251. The lowest BCUT2D eigenvalue weighted by atomic mass is 10.2. The van der Waals surface area contributed by atoms with Crippen LogP contribution in [-0.4, -0.2) is 29.5 Å². The molecule has 0 radical (unpaired) electrons. The van der Waals surface area contributed by atoms with Gasteiger partial charge in [0, 0.05) is 6.54 Å². The first-order valence-corrected chi connectivity index (χ1v) is 4.47. The summed E-state index contributed by atoms with van der Waals surface area (Å²) in [4.78, 5) is 0. The van der Waals surface area contributed by atoms with Crippen LogP contribution in [0.5, 0.6) is 5.75 Å². The molecule has 0 aliphatic carbocycles. The molecule has 14 heavy (non-hydrogen) atoms. The van der Waals surface area contributed by atoms with Crippen LogP contribution in [0, 0.1) is 0 Å². The Morgan fingerprint density at radius 1 is 1.43 bits per heavy atom. The van der Waals surface area contributed by atoms with Crippen molar-refractivity contribution in [2.45, 2.75) is 12.6 Å². The first kappa shape index (κ1) is 11.0. The predicted octanol–water partition coefficient (Wildman–Crippen LogP) is -0.123. The summed E-state index contributed by atoms with van der Waals surface area (Å²) in [6.07, 6.45) is -0.837. The standard InChI is InChI=1S/C10H15NO3/c11-5-8-2-1-3-10(4-8)14-7-9(13)6-12/h1-4,9,12-13H,5-7,11H2. The van der Waals surface area contributed by atoms with Gasteiger partial charge in [-0.25, -0.2) is 0 Å². The molecule has 0 aliphatic rings. The van der Waals surface area contributed by atoms with Crippen molar-refractivity contribution >= 4 is 0 Å². The Labute approximate surface area is 82.9 Å². The Hall–Kier alpha value is -1.10. The van der Waals surface area contributed by atoms with E-state index in [4.69, 9.17) is 20.7 Å². The van der Waals surface area contributed by atoms with Crippen LogP contribution >= 0.6 is 0 Å². The molecule has 0 heterocycles. The van der Waals surface area contributed by atoms with Crippen LogP contribution in [-0.2, 0) is 6.54 Å². The third-order valence-electron chi connectivity index (χ3n) is 1.79. The number of aliphatic hydroxyl groups excluding tert-OH is 2. The molecular weight excluding hydrogens is 182 g/mol. The Kier molecular flexibility index (Phi) is 4.39. The number of hydrogen-bond acceptors (Lipinski definition) is 4. The lowest BCUT2D eigenvalue weighted by Crippen LogP contribution is -2.21. The van der Waals surface area contributed by atoms with Crippen molar-refractivity contribution in [3.05, 3.63) is 29.8 Å². The van der Waals surface area contributed by atoms with Crippen molar-refractivity contribution in [3.63, 3.8) is 0 Å². The molecule has 1 aromatic rings. The minimum Gasteiger partial charge on any atom is -0.491 e. The van der Waals surface area contributed by atoms with Crippen molar-refractivity contribution in [1.29, 1.82) is 0 Å². The van der Waals surface area contributed by atoms with E-state index in [2.05, 4.69) is 0 Å². The Bertz CT molecular complexity index is 278. The molecule has 0 fully saturated rings. The lowest BCUT2D eigenvalue weighted by Gasteiger charge is -2.10. The summed E-state index contributed by atoms with van der Waals surface area (Å²) in [6, 6.07) is 7.32. The van der Waals surface area contributed by atoms with Crippen LogP contribution in [0.25, 0.3) is 0 Å². The molecule has 4 heteroatoms. The van der Waals surface area contributed by atoms with E-state index < -0.39 is 6.10 Å². The van der Waals surface area contributed by atoms with Crippen LogP contribution in [0.1, 0.15) is 5.56 Å². The van der Waals surface area contributed by atoms with E-state index in [-0.39, 0.29) is 13.2 Å². The van der Waals surface area contributed by atoms with Gasteiger partial charge in [0.05, 0.1) is 6.61 Å². The molecule has 0 amide bonds. The first-order valence-electron chi connectivity index (χ1n) is 4.47. The molecule has 0 saturated heterocycles. The largest absolute Gasteiger partial charge is 0.491 e. The molecule has 0 spiro atoms. The zero-order chi connectivity index (χ0) is 10.4. The molecule has 0 saturated carbocycles. The zero-order valence-corrected chi connectivity index (χ0v) is 7.89. The second kappa shape index (κ2) is 5.59. The number of hydrogen-bond donors (Lipinski definition) is 3. The number of rotatable bonds is 5. The summed E-state index contributed by atoms with van der Waals surface area (Å²) in [5, 5.41) is 17.6. The van der Waals surface area contributed by atoms with Crippen molar-refractivity contribution in [2.75, 3.05) is 13.2 Å². The summed E-state index contributed by atoms with van der Waals surface area (Å²) < 4.78 is 5.24. The monoisotopic (exact) mass is 197 g/mol. The van der Waals surface area contributed by atoms with Gasteiger partial charge in [-0.3, -0.25) is 0 Å². The highest BCUT2D eigenvalue weighted by Gasteiger charge is 2.02. The molecule has 0 aromatic heterocycles. The van der Waals surface area contributed by atoms with Crippen molar-refractivity contribution < 1.29 is 14.9 Å². The number of nitrogens with two attached hydrogens (primary N) is 1. The van der Waals surface area contributed by atoms with Crippen LogP contribution in [0.2, 0.25) is 0 Å². The van der Waals surface area contributed by atoms with Gasteiger partial charge < -0.3 is 20.7 Å². The highest BCUT2D eigenvalue weighted by atomic mass is 16.5. The number of benzene rings is 1. The van der Waals surface area contributed by atoms with Gasteiger partial charge >= 0.3 is 0 Å². The van der Waals surface area contributed by atoms with Crippen LogP contribution < -0.4 is 10.5 Å². The molecule has 4 N–H and O–H groups in total. The van der Waals surface area contributed by atoms with Gasteiger partial charge in [-0.15, -0.1) is 0 Å². The Morgan fingerprint density at radius 3 is 2.86 bits per heavy atom. The quantitative estimate of drug-likeness (QED) is 0.615. The fraction of sp³-hybridized carbons (Fsp3) is 0.400. The third-order valence-corrected chi connectivity index (χ3v) is 1.79. The molecule has 0 bridgehead atoms. The smallest absolute Gasteiger partial charge is 0.119 e. The normalized spacial score (nSPS) is 12.5. The van der Waals surface area contributed by atoms with E-state index in [1.54, 1.807) is 6.07 Å². The maximum Gasteiger partial charge on any atom is 0.119 e. The van der Waals surface area contributed by atoms with E-state index >= 15 is 0 Å². The van der Waals surface area contributed by atoms with Gasteiger partial charge in [-0.05, 0) is 17.7 Å². The summed E-state index contributed by atoms with van der Waals surface area (Å²) in [5.74, 6) is 0.653. The minimum absolute atomic E-state index is 0.0878. The molecule has 1 aromatic carbocycles. The van der Waals surface area contributed by atoms with Crippen LogP contribution in [0.15, 0.2) is 24.3 Å². The maximum atomic E-state index is 9.05.